The van der Waals surface area contributed by atoms with Crippen LogP contribution in [0.4, 0.5) is 11.4 Å². The second kappa shape index (κ2) is 7.98. The van der Waals surface area contributed by atoms with Crippen molar-refractivity contribution in [1.82, 2.24) is 4.98 Å². The predicted octanol–water partition coefficient (Wildman–Crippen LogP) is 4.40. The molecule has 0 aliphatic carbocycles. The third kappa shape index (κ3) is 4.27. The van der Waals surface area contributed by atoms with Gasteiger partial charge >= 0.3 is 0 Å². The summed E-state index contributed by atoms with van der Waals surface area (Å²) in [6, 6.07) is 17.3. The molecular formula is C19H17N3O4. The summed E-state index contributed by atoms with van der Waals surface area (Å²) in [5.41, 5.74) is 1.39. The molecule has 1 aromatic heterocycles. The number of nitro benzene ring substituents is 1. The lowest BCUT2D eigenvalue weighted by Gasteiger charge is -2.09. The number of benzene rings is 2. The van der Waals surface area contributed by atoms with E-state index in [1.807, 2.05) is 6.07 Å². The van der Waals surface area contributed by atoms with E-state index in [-0.39, 0.29) is 5.69 Å². The van der Waals surface area contributed by atoms with E-state index in [4.69, 9.17) is 9.47 Å². The van der Waals surface area contributed by atoms with E-state index in [0.29, 0.717) is 23.9 Å². The highest BCUT2D eigenvalue weighted by Crippen LogP contribution is 2.25. The molecule has 0 unspecified atom stereocenters. The summed E-state index contributed by atoms with van der Waals surface area (Å²) in [5.74, 6) is 1.83. The highest BCUT2D eigenvalue weighted by atomic mass is 16.6. The lowest BCUT2D eigenvalue weighted by molar-refractivity contribution is -0.384. The minimum Gasteiger partial charge on any atom is -0.497 e. The van der Waals surface area contributed by atoms with E-state index >= 15 is 0 Å². The van der Waals surface area contributed by atoms with Gasteiger partial charge in [0.15, 0.2) is 0 Å². The number of aromatic nitrogens is 1. The molecule has 7 heteroatoms. The molecular weight excluding hydrogens is 334 g/mol. The summed E-state index contributed by atoms with van der Waals surface area (Å²) in [4.78, 5) is 14.8. The molecule has 0 aliphatic heterocycles. The van der Waals surface area contributed by atoms with Crippen LogP contribution in [0.15, 0.2) is 66.9 Å². The summed E-state index contributed by atoms with van der Waals surface area (Å²) in [7, 11) is 1.60. The average molecular weight is 351 g/mol. The van der Waals surface area contributed by atoms with Gasteiger partial charge in [0.25, 0.3) is 5.69 Å². The number of pyridine rings is 1. The van der Waals surface area contributed by atoms with Gasteiger partial charge in [-0.05, 0) is 42.0 Å². The van der Waals surface area contributed by atoms with Crippen molar-refractivity contribution in [2.45, 2.75) is 6.54 Å². The molecule has 1 heterocycles. The number of nitro groups is 1. The maximum absolute atomic E-state index is 11.1. The second-order valence-corrected chi connectivity index (χ2v) is 5.41. The Balaban J connectivity index is 1.68. The molecule has 3 rings (SSSR count). The van der Waals surface area contributed by atoms with Crippen LogP contribution in [0.25, 0.3) is 0 Å². The number of nitrogens with zero attached hydrogens (tertiary/aromatic N) is 2. The van der Waals surface area contributed by atoms with Crippen LogP contribution < -0.4 is 14.8 Å². The SMILES string of the molecule is COc1ccc(Oc2cc(CNc3ccccc3[N+](=O)[O-])ccn2)cc1. The van der Waals surface area contributed by atoms with E-state index in [1.165, 1.54) is 6.07 Å². The van der Waals surface area contributed by atoms with Crippen LogP contribution in [0, 0.1) is 10.1 Å². The van der Waals surface area contributed by atoms with Crippen LogP contribution in [0.2, 0.25) is 0 Å². The van der Waals surface area contributed by atoms with E-state index in [9.17, 15) is 10.1 Å². The van der Waals surface area contributed by atoms with Gasteiger partial charge in [0, 0.05) is 24.9 Å². The Labute approximate surface area is 150 Å². The fourth-order valence-electron chi connectivity index (χ4n) is 2.36. The topological polar surface area (TPSA) is 86.5 Å². The molecule has 0 atom stereocenters. The van der Waals surface area contributed by atoms with Crippen molar-refractivity contribution < 1.29 is 14.4 Å². The van der Waals surface area contributed by atoms with Crippen molar-refractivity contribution in [3.8, 4) is 17.4 Å². The van der Waals surface area contributed by atoms with Crippen molar-refractivity contribution in [1.29, 1.82) is 0 Å². The summed E-state index contributed by atoms with van der Waals surface area (Å²) in [6.07, 6.45) is 1.63. The highest BCUT2D eigenvalue weighted by molar-refractivity contribution is 5.61. The zero-order valence-corrected chi connectivity index (χ0v) is 14.1. The fraction of sp³-hybridized carbons (Fsp3) is 0.105. The van der Waals surface area contributed by atoms with Crippen LogP contribution in [0.3, 0.4) is 0 Å². The quantitative estimate of drug-likeness (QED) is 0.501. The number of hydrogen-bond donors (Lipinski definition) is 1. The zero-order chi connectivity index (χ0) is 18.4. The first-order valence-electron chi connectivity index (χ1n) is 7.90. The normalized spacial score (nSPS) is 10.2. The molecule has 7 nitrogen and oxygen atoms in total. The van der Waals surface area contributed by atoms with E-state index in [0.717, 1.165) is 11.3 Å². The Kier molecular flexibility index (Phi) is 5.28. The summed E-state index contributed by atoms with van der Waals surface area (Å²) < 4.78 is 10.8. The first kappa shape index (κ1) is 17.2. The van der Waals surface area contributed by atoms with Gasteiger partial charge in [-0.25, -0.2) is 4.98 Å². The first-order chi connectivity index (χ1) is 12.7. The number of anilines is 1. The third-order valence-electron chi connectivity index (χ3n) is 3.66. The van der Waals surface area contributed by atoms with Gasteiger partial charge in [0.2, 0.25) is 5.88 Å². The second-order valence-electron chi connectivity index (χ2n) is 5.41. The predicted molar refractivity (Wildman–Crippen MR) is 97.7 cm³/mol. The Morgan fingerprint density at radius 1 is 1.08 bits per heavy atom. The molecule has 3 aromatic rings. The smallest absolute Gasteiger partial charge is 0.292 e. The van der Waals surface area contributed by atoms with Gasteiger partial charge in [-0.15, -0.1) is 0 Å². The van der Waals surface area contributed by atoms with Crippen LogP contribution in [-0.4, -0.2) is 17.0 Å². The molecule has 132 valence electrons. The Bertz CT molecular complexity index is 897. The maximum Gasteiger partial charge on any atom is 0.292 e. The summed E-state index contributed by atoms with van der Waals surface area (Å²) in [6.45, 7) is 0.409. The van der Waals surface area contributed by atoms with Crippen LogP contribution >= 0.6 is 0 Å². The number of ether oxygens (including phenoxy) is 2. The molecule has 0 radical (unpaired) electrons. The lowest BCUT2D eigenvalue weighted by Crippen LogP contribution is -2.03. The largest absolute Gasteiger partial charge is 0.497 e. The van der Waals surface area contributed by atoms with Crippen molar-refractivity contribution >= 4 is 11.4 Å². The molecule has 0 saturated heterocycles. The molecule has 0 fully saturated rings. The Morgan fingerprint density at radius 3 is 2.54 bits per heavy atom. The maximum atomic E-state index is 11.1. The standard InChI is InChI=1S/C19H17N3O4/c1-25-15-6-8-16(9-7-15)26-19-12-14(10-11-20-19)13-21-17-4-2-3-5-18(17)22(23)24/h2-12,21H,13H2,1H3. The first-order valence-corrected chi connectivity index (χ1v) is 7.90. The number of rotatable bonds is 7. The molecule has 0 saturated carbocycles. The van der Waals surface area contributed by atoms with Crippen LogP contribution in [0.5, 0.6) is 17.4 Å². The molecule has 0 amide bonds. The van der Waals surface area contributed by atoms with E-state index in [1.54, 1.807) is 61.8 Å². The molecule has 26 heavy (non-hydrogen) atoms. The fourth-order valence-corrected chi connectivity index (χ4v) is 2.36. The Hall–Kier alpha value is -3.61. The van der Waals surface area contributed by atoms with Crippen molar-refractivity contribution in [3.05, 3.63) is 82.5 Å². The molecule has 2 aromatic carbocycles. The number of hydrogen-bond acceptors (Lipinski definition) is 6. The van der Waals surface area contributed by atoms with E-state index in [2.05, 4.69) is 10.3 Å². The van der Waals surface area contributed by atoms with Gasteiger partial charge in [-0.2, -0.15) is 0 Å². The zero-order valence-electron chi connectivity index (χ0n) is 14.1. The minimum absolute atomic E-state index is 0.0382. The van der Waals surface area contributed by atoms with Crippen LogP contribution in [0.1, 0.15) is 5.56 Å². The van der Waals surface area contributed by atoms with Crippen LogP contribution in [-0.2, 0) is 6.54 Å². The van der Waals surface area contributed by atoms with Crippen molar-refractivity contribution in [2.75, 3.05) is 12.4 Å². The van der Waals surface area contributed by atoms with Gasteiger partial charge in [-0.1, -0.05) is 12.1 Å². The van der Waals surface area contributed by atoms with Gasteiger partial charge in [0.05, 0.1) is 12.0 Å². The van der Waals surface area contributed by atoms with Crippen molar-refractivity contribution in [2.24, 2.45) is 0 Å². The third-order valence-corrected chi connectivity index (χ3v) is 3.66. The van der Waals surface area contributed by atoms with Gasteiger partial charge in [-0.3, -0.25) is 10.1 Å². The number of methoxy groups -OCH3 is 1. The lowest BCUT2D eigenvalue weighted by atomic mass is 10.2. The molecule has 0 aliphatic rings. The van der Waals surface area contributed by atoms with Crippen molar-refractivity contribution in [3.63, 3.8) is 0 Å². The molecule has 0 spiro atoms. The molecule has 0 bridgehead atoms. The van der Waals surface area contributed by atoms with Gasteiger partial charge in [0.1, 0.15) is 17.2 Å². The molecule has 1 N–H and O–H groups in total. The minimum atomic E-state index is -0.410. The summed E-state index contributed by atoms with van der Waals surface area (Å²) >= 11 is 0. The summed E-state index contributed by atoms with van der Waals surface area (Å²) in [5, 5.41) is 14.1. The number of nitrogens with one attached hydrogen (secondary N) is 1. The monoisotopic (exact) mass is 351 g/mol. The van der Waals surface area contributed by atoms with E-state index < -0.39 is 4.92 Å². The number of para-hydroxylation sites is 2. The average Bonchev–Trinajstić information content (AvgIpc) is 2.67. The Morgan fingerprint density at radius 2 is 1.81 bits per heavy atom. The highest BCUT2D eigenvalue weighted by Gasteiger charge is 2.11. The van der Waals surface area contributed by atoms with Gasteiger partial charge < -0.3 is 14.8 Å².